The maximum atomic E-state index is 12.7. The normalized spacial score (nSPS) is 14.0. The number of aliphatic hydroxyl groups is 2. The molecule has 0 bridgehead atoms. The molecule has 3 unspecified atom stereocenters. The van der Waals surface area contributed by atoms with Gasteiger partial charge >= 0.3 is 13.8 Å². The highest BCUT2D eigenvalue weighted by atomic mass is 31.2. The first-order valence-corrected chi connectivity index (χ1v) is 26.8. The summed E-state index contributed by atoms with van der Waals surface area (Å²) in [6, 6.07) is 0. The summed E-state index contributed by atoms with van der Waals surface area (Å²) < 4.78 is 33.5. The fourth-order valence-electron chi connectivity index (χ4n) is 7.27. The number of carbonyl (C=O) groups excluding carboxylic acids is 1. The Balaban J connectivity index is 4.03. The highest BCUT2D eigenvalue weighted by Gasteiger charge is 2.26. The lowest BCUT2D eigenvalue weighted by molar-refractivity contribution is -0.154. The number of hydrogen-bond acceptors (Lipinski definition) is 8. The molecule has 0 rings (SSSR count). The fraction of sp³-hybridized carbons (Fsp3) is 0.900. The molecule has 3 N–H and O–H groups in total. The van der Waals surface area contributed by atoms with Gasteiger partial charge in [-0.15, -0.1) is 0 Å². The molecule has 0 saturated carbocycles. The van der Waals surface area contributed by atoms with Crippen LogP contribution in [0.4, 0.5) is 0 Å². The van der Waals surface area contributed by atoms with Crippen LogP contribution in [0.2, 0.25) is 0 Å². The van der Waals surface area contributed by atoms with Gasteiger partial charge in [0.05, 0.1) is 26.4 Å². The molecule has 0 saturated heterocycles. The van der Waals surface area contributed by atoms with Crippen LogP contribution in [-0.4, -0.2) is 66.3 Å². The summed E-state index contributed by atoms with van der Waals surface area (Å²) in [6.07, 6.45) is 51.5. The third-order valence-electron chi connectivity index (χ3n) is 11.1. The molecule has 9 nitrogen and oxygen atoms in total. The molecule has 0 spiro atoms. The predicted molar refractivity (Wildman–Crippen MR) is 251 cm³/mol. The Hall–Kier alpha value is -1.06. The van der Waals surface area contributed by atoms with Crippen LogP contribution in [0, 0.1) is 0 Å². The topological polar surface area (TPSA) is 132 Å². The Morgan fingerprint density at radius 1 is 0.517 bits per heavy atom. The molecule has 0 aromatic rings. The number of esters is 1. The summed E-state index contributed by atoms with van der Waals surface area (Å²) in [6.45, 7) is 3.52. The van der Waals surface area contributed by atoms with Crippen molar-refractivity contribution in [3.63, 3.8) is 0 Å². The number of unbranched alkanes of at least 4 members (excludes halogenated alkanes) is 31. The zero-order valence-corrected chi connectivity index (χ0v) is 40.1. The molecular weight excluding hydrogens is 776 g/mol. The summed E-state index contributed by atoms with van der Waals surface area (Å²) in [5.74, 6) is -0.381. The van der Waals surface area contributed by atoms with Gasteiger partial charge in [-0.2, -0.15) is 0 Å². The van der Waals surface area contributed by atoms with Crippen molar-refractivity contribution in [2.75, 3.05) is 33.0 Å². The van der Waals surface area contributed by atoms with Crippen LogP contribution in [-0.2, 0) is 27.9 Å². The number of allylic oxidation sites excluding steroid dienone is 4. The van der Waals surface area contributed by atoms with Crippen molar-refractivity contribution in [1.82, 2.24) is 0 Å². The first kappa shape index (κ1) is 58.9. The van der Waals surface area contributed by atoms with Crippen LogP contribution >= 0.6 is 7.82 Å². The van der Waals surface area contributed by atoms with E-state index in [-0.39, 0.29) is 25.6 Å². The molecule has 0 radical (unpaired) electrons. The van der Waals surface area contributed by atoms with Crippen LogP contribution in [0.5, 0.6) is 0 Å². The van der Waals surface area contributed by atoms with Crippen LogP contribution in [0.25, 0.3) is 0 Å². The first-order chi connectivity index (χ1) is 29.3. The molecule has 60 heavy (non-hydrogen) atoms. The van der Waals surface area contributed by atoms with Gasteiger partial charge in [-0.05, 0) is 44.9 Å². The average Bonchev–Trinajstić information content (AvgIpc) is 3.24. The molecule has 0 aromatic heterocycles. The molecule has 10 heteroatoms. The molecule has 0 amide bonds. The third kappa shape index (κ3) is 46.4. The van der Waals surface area contributed by atoms with Crippen LogP contribution in [0.1, 0.15) is 245 Å². The summed E-state index contributed by atoms with van der Waals surface area (Å²) in [7, 11) is -4.52. The van der Waals surface area contributed by atoms with E-state index in [1.54, 1.807) is 0 Å². The van der Waals surface area contributed by atoms with Gasteiger partial charge in [0.1, 0.15) is 12.2 Å². The molecule has 0 fully saturated rings. The second-order valence-electron chi connectivity index (χ2n) is 17.2. The number of carbonyl (C=O) groups is 1. The van der Waals surface area contributed by atoms with Crippen molar-refractivity contribution in [3.05, 3.63) is 24.3 Å². The Kier molecular flexibility index (Phi) is 46.6. The van der Waals surface area contributed by atoms with Crippen molar-refractivity contribution in [1.29, 1.82) is 0 Å². The van der Waals surface area contributed by atoms with E-state index in [2.05, 4.69) is 38.2 Å². The van der Waals surface area contributed by atoms with Gasteiger partial charge in [-0.3, -0.25) is 13.8 Å². The largest absolute Gasteiger partial charge is 0.472 e. The highest BCUT2D eigenvalue weighted by Crippen LogP contribution is 2.43. The minimum absolute atomic E-state index is 0.0463. The maximum absolute atomic E-state index is 12.7. The zero-order chi connectivity index (χ0) is 43.9. The number of phosphoric acid groups is 1. The maximum Gasteiger partial charge on any atom is 0.472 e. The Morgan fingerprint density at radius 3 is 1.37 bits per heavy atom. The molecule has 0 aliphatic carbocycles. The number of aliphatic hydroxyl groups excluding tert-OH is 2. The minimum Gasteiger partial charge on any atom is -0.457 e. The van der Waals surface area contributed by atoms with E-state index < -0.39 is 33.2 Å². The SMILES string of the molecule is CCCCC/C=C\C/C=C\CCCCCCCCOCC(COP(=O)(O)OCC(O)CO)OC(=O)CCCCCCCCCCCCCCCCCCCCCCCCC. The summed E-state index contributed by atoms with van der Waals surface area (Å²) >= 11 is 0. The van der Waals surface area contributed by atoms with Gasteiger partial charge in [0.2, 0.25) is 0 Å². The first-order valence-electron chi connectivity index (χ1n) is 25.3. The van der Waals surface area contributed by atoms with Crippen molar-refractivity contribution in [2.45, 2.75) is 257 Å². The Bertz CT molecular complexity index is 991. The zero-order valence-electron chi connectivity index (χ0n) is 39.2. The predicted octanol–water partition coefficient (Wildman–Crippen LogP) is 14.6. The van der Waals surface area contributed by atoms with Gasteiger partial charge in [0, 0.05) is 13.0 Å². The van der Waals surface area contributed by atoms with Crippen molar-refractivity contribution in [2.24, 2.45) is 0 Å². The van der Waals surface area contributed by atoms with E-state index in [1.807, 2.05) is 0 Å². The van der Waals surface area contributed by atoms with E-state index in [0.29, 0.717) is 6.61 Å². The monoisotopic (exact) mass is 873 g/mol. The van der Waals surface area contributed by atoms with E-state index in [0.717, 1.165) is 51.4 Å². The van der Waals surface area contributed by atoms with Gasteiger partial charge in [-0.25, -0.2) is 4.57 Å². The summed E-state index contributed by atoms with van der Waals surface area (Å²) in [5.41, 5.74) is 0. The minimum atomic E-state index is -4.52. The number of phosphoric ester groups is 1. The van der Waals surface area contributed by atoms with Crippen molar-refractivity contribution >= 4 is 13.8 Å². The summed E-state index contributed by atoms with van der Waals surface area (Å²) in [5, 5.41) is 18.4. The smallest absolute Gasteiger partial charge is 0.457 e. The lowest BCUT2D eigenvalue weighted by atomic mass is 10.0. The van der Waals surface area contributed by atoms with E-state index in [9.17, 15) is 19.4 Å². The quantitative estimate of drug-likeness (QED) is 0.0237. The molecule has 0 aromatic carbocycles. The second kappa shape index (κ2) is 47.4. The second-order valence-corrected chi connectivity index (χ2v) is 18.6. The van der Waals surface area contributed by atoms with E-state index in [1.165, 1.54) is 173 Å². The third-order valence-corrected chi connectivity index (χ3v) is 12.1. The molecule has 0 aliphatic rings. The van der Waals surface area contributed by atoms with Crippen molar-refractivity contribution in [3.8, 4) is 0 Å². The van der Waals surface area contributed by atoms with E-state index >= 15 is 0 Å². The molecule has 356 valence electrons. The van der Waals surface area contributed by atoms with Crippen LogP contribution in [0.3, 0.4) is 0 Å². The molecular formula is C50H97O9P. The van der Waals surface area contributed by atoms with Crippen molar-refractivity contribution < 1.29 is 43.0 Å². The number of rotatable bonds is 49. The standard InChI is InChI=1S/C50H97O9P/c1-3-5-7-9-11-13-15-17-19-21-22-23-24-25-26-27-28-30-32-34-36-38-40-42-50(53)59-49(47-58-60(54,55)57-45-48(52)44-51)46-56-43-41-39-37-35-33-31-29-20-18-16-14-12-10-8-6-4-2/h12,14,18,20,48-49,51-52H,3-11,13,15-17,19,21-47H2,1-2H3,(H,54,55)/b14-12-,20-18-. The Morgan fingerprint density at radius 2 is 0.900 bits per heavy atom. The Labute approximate surface area is 370 Å². The van der Waals surface area contributed by atoms with Gasteiger partial charge in [-0.1, -0.05) is 218 Å². The molecule has 3 atom stereocenters. The molecule has 0 aliphatic heterocycles. The van der Waals surface area contributed by atoms with Crippen LogP contribution in [0.15, 0.2) is 24.3 Å². The average molecular weight is 873 g/mol. The highest BCUT2D eigenvalue weighted by molar-refractivity contribution is 7.47. The lowest BCUT2D eigenvalue weighted by Gasteiger charge is -2.20. The number of hydrogen-bond donors (Lipinski definition) is 3. The number of ether oxygens (including phenoxy) is 2. The van der Waals surface area contributed by atoms with E-state index in [4.69, 9.17) is 23.6 Å². The fourth-order valence-corrected chi connectivity index (χ4v) is 8.06. The lowest BCUT2D eigenvalue weighted by Crippen LogP contribution is -2.29. The van der Waals surface area contributed by atoms with Gasteiger partial charge in [0.15, 0.2) is 0 Å². The summed E-state index contributed by atoms with van der Waals surface area (Å²) in [4.78, 5) is 22.7. The van der Waals surface area contributed by atoms with Crippen LogP contribution < -0.4 is 0 Å². The van der Waals surface area contributed by atoms with Gasteiger partial charge < -0.3 is 24.6 Å². The van der Waals surface area contributed by atoms with Gasteiger partial charge in [0.25, 0.3) is 0 Å². The molecule has 0 heterocycles.